The van der Waals surface area contributed by atoms with Crippen LogP contribution in [-0.4, -0.2) is 67.5 Å². The molecule has 0 bridgehead atoms. The van der Waals surface area contributed by atoms with E-state index in [1.54, 1.807) is 0 Å². The van der Waals surface area contributed by atoms with Gasteiger partial charge in [-0.25, -0.2) is 0 Å². The van der Waals surface area contributed by atoms with E-state index in [9.17, 15) is 13.2 Å². The van der Waals surface area contributed by atoms with Crippen LogP contribution in [0.3, 0.4) is 0 Å². The third-order valence-electron chi connectivity index (χ3n) is 5.45. The topological polar surface area (TPSA) is 15.7 Å². The third kappa shape index (κ3) is 3.37. The molecule has 3 aliphatic rings. The lowest BCUT2D eigenvalue weighted by Crippen LogP contribution is -2.60. The summed E-state index contributed by atoms with van der Waals surface area (Å²) in [5, 5.41) is 0. The number of nitrogens with zero attached hydrogens (tertiary/aromatic N) is 2. The van der Waals surface area contributed by atoms with Crippen LogP contribution in [0.4, 0.5) is 13.2 Å². The standard InChI is InChI=1S/C15H25F3N2O/c1-11-2-3-14(13(8-11)15(16,17)18)20-6-4-19(5-7-20)12-9-21-10-12/h11-14H,2-10H2,1H3. The van der Waals surface area contributed by atoms with Crippen LogP contribution in [0.25, 0.3) is 0 Å². The van der Waals surface area contributed by atoms with Crippen molar-refractivity contribution in [1.29, 1.82) is 0 Å². The number of hydrogen-bond donors (Lipinski definition) is 0. The van der Waals surface area contributed by atoms with Crippen LogP contribution < -0.4 is 0 Å². The van der Waals surface area contributed by atoms with Gasteiger partial charge in [-0.05, 0) is 25.2 Å². The molecular weight excluding hydrogens is 281 g/mol. The van der Waals surface area contributed by atoms with Crippen molar-refractivity contribution in [3.05, 3.63) is 0 Å². The van der Waals surface area contributed by atoms with Gasteiger partial charge in [0.2, 0.25) is 0 Å². The highest BCUT2D eigenvalue weighted by molar-refractivity contribution is 4.92. The molecule has 2 heterocycles. The fraction of sp³-hybridized carbons (Fsp3) is 1.00. The SMILES string of the molecule is CC1CCC(N2CCN(C3COC3)CC2)C(C(F)(F)F)C1. The van der Waals surface area contributed by atoms with Gasteiger partial charge in [0.1, 0.15) is 0 Å². The molecule has 122 valence electrons. The van der Waals surface area contributed by atoms with Gasteiger partial charge in [0.05, 0.1) is 25.2 Å². The maximum atomic E-state index is 13.3. The van der Waals surface area contributed by atoms with Crippen molar-refractivity contribution in [2.24, 2.45) is 11.8 Å². The Morgan fingerprint density at radius 2 is 1.57 bits per heavy atom. The van der Waals surface area contributed by atoms with Crippen molar-refractivity contribution in [2.75, 3.05) is 39.4 Å². The van der Waals surface area contributed by atoms with Crippen LogP contribution in [0.2, 0.25) is 0 Å². The highest BCUT2D eigenvalue weighted by Crippen LogP contribution is 2.42. The summed E-state index contributed by atoms with van der Waals surface area (Å²) in [5.41, 5.74) is 0. The van der Waals surface area contributed by atoms with Crippen molar-refractivity contribution >= 4 is 0 Å². The maximum Gasteiger partial charge on any atom is 0.393 e. The van der Waals surface area contributed by atoms with E-state index in [-0.39, 0.29) is 12.0 Å². The lowest BCUT2D eigenvalue weighted by molar-refractivity contribution is -0.205. The Bertz CT molecular complexity index is 351. The summed E-state index contributed by atoms with van der Waals surface area (Å²) in [5.74, 6) is -0.943. The van der Waals surface area contributed by atoms with E-state index in [4.69, 9.17) is 4.74 Å². The van der Waals surface area contributed by atoms with E-state index in [1.165, 1.54) is 0 Å². The monoisotopic (exact) mass is 306 g/mol. The predicted molar refractivity (Wildman–Crippen MR) is 74.1 cm³/mol. The molecule has 2 aliphatic heterocycles. The van der Waals surface area contributed by atoms with E-state index >= 15 is 0 Å². The average Bonchev–Trinajstić information content (AvgIpc) is 2.37. The Labute approximate surface area is 124 Å². The molecule has 1 saturated carbocycles. The van der Waals surface area contributed by atoms with Gasteiger partial charge in [-0.3, -0.25) is 9.80 Å². The molecule has 0 N–H and O–H groups in total. The van der Waals surface area contributed by atoms with Gasteiger partial charge in [0.25, 0.3) is 0 Å². The van der Waals surface area contributed by atoms with Gasteiger partial charge >= 0.3 is 6.18 Å². The average molecular weight is 306 g/mol. The molecule has 1 aliphatic carbocycles. The highest BCUT2D eigenvalue weighted by atomic mass is 19.4. The second kappa shape index (κ2) is 6.05. The zero-order valence-corrected chi connectivity index (χ0v) is 12.6. The first-order valence-electron chi connectivity index (χ1n) is 8.07. The molecule has 0 radical (unpaired) electrons. The Hall–Kier alpha value is -0.330. The third-order valence-corrected chi connectivity index (χ3v) is 5.45. The minimum absolute atomic E-state index is 0.196. The second-order valence-electron chi connectivity index (χ2n) is 6.90. The van der Waals surface area contributed by atoms with Crippen molar-refractivity contribution in [1.82, 2.24) is 9.80 Å². The number of halogens is 3. The fourth-order valence-electron chi connectivity index (χ4n) is 4.02. The Morgan fingerprint density at radius 1 is 0.952 bits per heavy atom. The Kier molecular flexibility index (Phi) is 4.48. The molecular formula is C15H25F3N2O. The molecule has 0 aromatic carbocycles. The van der Waals surface area contributed by atoms with Crippen LogP contribution in [0.15, 0.2) is 0 Å². The van der Waals surface area contributed by atoms with Crippen molar-refractivity contribution in [3.8, 4) is 0 Å². The van der Waals surface area contributed by atoms with Gasteiger partial charge < -0.3 is 4.74 Å². The lowest BCUT2D eigenvalue weighted by atomic mass is 9.77. The normalized spacial score (nSPS) is 37.4. The largest absolute Gasteiger partial charge is 0.393 e. The summed E-state index contributed by atoms with van der Waals surface area (Å²) in [6.07, 6.45) is -2.14. The van der Waals surface area contributed by atoms with Gasteiger partial charge in [-0.2, -0.15) is 13.2 Å². The minimum atomic E-state index is -4.06. The molecule has 3 atom stereocenters. The molecule has 3 nitrogen and oxygen atoms in total. The maximum absolute atomic E-state index is 13.3. The molecule has 2 saturated heterocycles. The van der Waals surface area contributed by atoms with Crippen LogP contribution in [-0.2, 0) is 4.74 Å². The first-order chi connectivity index (χ1) is 9.95. The summed E-state index contributed by atoms with van der Waals surface area (Å²) < 4.78 is 45.2. The number of piperazine rings is 1. The molecule has 0 aromatic heterocycles. The molecule has 21 heavy (non-hydrogen) atoms. The molecule has 6 heteroatoms. The van der Waals surface area contributed by atoms with Crippen LogP contribution in [0, 0.1) is 11.8 Å². The van der Waals surface area contributed by atoms with E-state index in [2.05, 4.69) is 9.80 Å². The molecule has 0 aromatic rings. The zero-order valence-electron chi connectivity index (χ0n) is 12.6. The van der Waals surface area contributed by atoms with E-state index in [0.717, 1.165) is 45.8 Å². The Morgan fingerprint density at radius 3 is 2.10 bits per heavy atom. The van der Waals surface area contributed by atoms with Crippen molar-refractivity contribution < 1.29 is 17.9 Å². The summed E-state index contributed by atoms with van der Waals surface area (Å²) in [6.45, 7) is 6.81. The number of rotatable bonds is 2. The molecule has 3 rings (SSSR count). The Balaban J connectivity index is 1.59. The first kappa shape index (κ1) is 15.6. The predicted octanol–water partition coefficient (Wildman–Crippen LogP) is 2.37. The first-order valence-corrected chi connectivity index (χ1v) is 8.07. The zero-order chi connectivity index (χ0) is 15.0. The number of ether oxygens (including phenoxy) is 1. The summed E-state index contributed by atoms with van der Waals surface area (Å²) in [7, 11) is 0. The van der Waals surface area contributed by atoms with Gasteiger partial charge in [-0.1, -0.05) is 6.92 Å². The lowest BCUT2D eigenvalue weighted by Gasteiger charge is -2.48. The van der Waals surface area contributed by atoms with Crippen molar-refractivity contribution in [2.45, 2.75) is 44.4 Å². The quantitative estimate of drug-likeness (QED) is 0.779. The van der Waals surface area contributed by atoms with Crippen molar-refractivity contribution in [3.63, 3.8) is 0 Å². The van der Waals surface area contributed by atoms with E-state index in [1.807, 2.05) is 6.92 Å². The van der Waals surface area contributed by atoms with Crippen LogP contribution in [0.5, 0.6) is 0 Å². The molecule has 0 spiro atoms. The van der Waals surface area contributed by atoms with Gasteiger partial charge in [0, 0.05) is 32.2 Å². The summed E-state index contributed by atoms with van der Waals surface area (Å²) in [4.78, 5) is 4.47. The van der Waals surface area contributed by atoms with E-state index < -0.39 is 12.1 Å². The van der Waals surface area contributed by atoms with E-state index in [0.29, 0.717) is 18.9 Å². The van der Waals surface area contributed by atoms with Gasteiger partial charge in [-0.15, -0.1) is 0 Å². The summed E-state index contributed by atoms with van der Waals surface area (Å²) >= 11 is 0. The fourth-order valence-corrected chi connectivity index (χ4v) is 4.02. The van der Waals surface area contributed by atoms with Crippen LogP contribution >= 0.6 is 0 Å². The van der Waals surface area contributed by atoms with Gasteiger partial charge in [0.15, 0.2) is 0 Å². The number of hydrogen-bond acceptors (Lipinski definition) is 3. The second-order valence-corrected chi connectivity index (χ2v) is 6.90. The minimum Gasteiger partial charge on any atom is -0.378 e. The molecule has 3 fully saturated rings. The molecule has 3 unspecified atom stereocenters. The smallest absolute Gasteiger partial charge is 0.378 e. The summed E-state index contributed by atoms with van der Waals surface area (Å²) in [6, 6.07) is 0.193. The number of alkyl halides is 3. The highest BCUT2D eigenvalue weighted by Gasteiger charge is 2.49. The van der Waals surface area contributed by atoms with Crippen LogP contribution in [0.1, 0.15) is 26.2 Å². The molecule has 0 amide bonds.